The van der Waals surface area contributed by atoms with Crippen molar-refractivity contribution in [2.45, 2.75) is 26.3 Å². The van der Waals surface area contributed by atoms with Crippen LogP contribution in [-0.2, 0) is 0 Å². The van der Waals surface area contributed by atoms with Crippen molar-refractivity contribution in [3.8, 4) is 0 Å². The van der Waals surface area contributed by atoms with Gasteiger partial charge in [0.05, 0.1) is 5.56 Å². The first-order valence-electron chi connectivity index (χ1n) is 5.93. The van der Waals surface area contributed by atoms with E-state index in [-0.39, 0.29) is 18.6 Å². The largest absolute Gasteiger partial charge is 0.396 e. The van der Waals surface area contributed by atoms with Gasteiger partial charge in [-0.15, -0.1) is 0 Å². The van der Waals surface area contributed by atoms with Crippen LogP contribution in [0.3, 0.4) is 0 Å². The highest BCUT2D eigenvalue weighted by molar-refractivity contribution is 5.94. The van der Waals surface area contributed by atoms with Crippen LogP contribution in [0.25, 0.3) is 0 Å². The molecular weight excluding hydrogens is 259 g/mol. The zero-order valence-corrected chi connectivity index (χ0v) is 10.7. The maximum atomic E-state index is 13.4. The molecule has 0 aliphatic heterocycles. The summed E-state index contributed by atoms with van der Waals surface area (Å²) < 4.78 is 39.2. The Hall–Kier alpha value is -1.56. The van der Waals surface area contributed by atoms with E-state index in [1.54, 1.807) is 0 Å². The van der Waals surface area contributed by atoms with Crippen LogP contribution in [0.4, 0.5) is 13.2 Å². The van der Waals surface area contributed by atoms with Gasteiger partial charge in [0, 0.05) is 18.7 Å². The smallest absolute Gasteiger partial charge is 0.254 e. The number of amides is 1. The van der Waals surface area contributed by atoms with E-state index < -0.39 is 28.9 Å². The summed E-state index contributed by atoms with van der Waals surface area (Å²) in [4.78, 5) is 11.8. The average Bonchev–Trinajstić information content (AvgIpc) is 2.32. The van der Waals surface area contributed by atoms with Gasteiger partial charge in [-0.05, 0) is 18.4 Å². The van der Waals surface area contributed by atoms with Gasteiger partial charge >= 0.3 is 0 Å². The predicted octanol–water partition coefficient (Wildman–Crippen LogP) is 2.24. The second-order valence-corrected chi connectivity index (χ2v) is 4.58. The molecule has 0 aliphatic carbocycles. The summed E-state index contributed by atoms with van der Waals surface area (Å²) in [6.45, 7) is 3.51. The molecule has 0 saturated carbocycles. The lowest BCUT2D eigenvalue weighted by atomic mass is 10.0. The number of carbonyl (C=O) groups is 1. The third-order valence-corrected chi connectivity index (χ3v) is 2.82. The van der Waals surface area contributed by atoms with Gasteiger partial charge in [0.15, 0.2) is 11.6 Å². The highest BCUT2D eigenvalue weighted by Gasteiger charge is 2.20. The van der Waals surface area contributed by atoms with Gasteiger partial charge in [0.2, 0.25) is 0 Å². The summed E-state index contributed by atoms with van der Waals surface area (Å²) in [5.41, 5.74) is -0.553. The van der Waals surface area contributed by atoms with Crippen molar-refractivity contribution in [2.24, 2.45) is 5.92 Å². The van der Waals surface area contributed by atoms with Crippen LogP contribution in [-0.4, -0.2) is 23.7 Å². The van der Waals surface area contributed by atoms with Crippen LogP contribution in [0.1, 0.15) is 30.6 Å². The van der Waals surface area contributed by atoms with Crippen molar-refractivity contribution in [1.29, 1.82) is 0 Å². The molecule has 2 N–H and O–H groups in total. The van der Waals surface area contributed by atoms with Gasteiger partial charge in [0.1, 0.15) is 5.82 Å². The Balaban J connectivity index is 2.91. The van der Waals surface area contributed by atoms with Crippen LogP contribution < -0.4 is 5.32 Å². The molecule has 1 atom stereocenters. The molecule has 1 rings (SSSR count). The number of carbonyl (C=O) groups excluding carboxylic acids is 1. The first kappa shape index (κ1) is 15.5. The van der Waals surface area contributed by atoms with Gasteiger partial charge in [-0.3, -0.25) is 4.79 Å². The van der Waals surface area contributed by atoms with Crippen LogP contribution in [0.15, 0.2) is 12.1 Å². The van der Waals surface area contributed by atoms with Gasteiger partial charge in [-0.25, -0.2) is 13.2 Å². The maximum absolute atomic E-state index is 13.4. The molecular formula is C13H16F3NO2. The number of rotatable bonds is 5. The molecule has 19 heavy (non-hydrogen) atoms. The van der Waals surface area contributed by atoms with Crippen molar-refractivity contribution >= 4 is 5.91 Å². The van der Waals surface area contributed by atoms with Crippen LogP contribution in [0.5, 0.6) is 0 Å². The second kappa shape index (κ2) is 6.56. The number of aliphatic hydroxyl groups excluding tert-OH is 1. The van der Waals surface area contributed by atoms with Crippen molar-refractivity contribution in [3.63, 3.8) is 0 Å². The Morgan fingerprint density at radius 3 is 2.32 bits per heavy atom. The summed E-state index contributed by atoms with van der Waals surface area (Å²) in [7, 11) is 0. The minimum absolute atomic E-state index is 0.0180. The molecule has 106 valence electrons. The zero-order valence-electron chi connectivity index (χ0n) is 10.7. The molecule has 0 spiro atoms. The molecule has 3 nitrogen and oxygen atoms in total. The lowest BCUT2D eigenvalue weighted by molar-refractivity contribution is 0.0912. The fraction of sp³-hybridized carbons (Fsp3) is 0.462. The van der Waals surface area contributed by atoms with Crippen LogP contribution in [0.2, 0.25) is 0 Å². The highest BCUT2D eigenvalue weighted by Crippen LogP contribution is 2.15. The fourth-order valence-corrected chi connectivity index (χ4v) is 1.65. The van der Waals surface area contributed by atoms with Gasteiger partial charge in [-0.1, -0.05) is 13.8 Å². The Morgan fingerprint density at radius 1 is 1.21 bits per heavy atom. The zero-order chi connectivity index (χ0) is 14.6. The number of nitrogens with one attached hydrogen (secondary N) is 1. The van der Waals surface area contributed by atoms with E-state index >= 15 is 0 Å². The van der Waals surface area contributed by atoms with Crippen molar-refractivity contribution in [3.05, 3.63) is 35.1 Å². The summed E-state index contributed by atoms with van der Waals surface area (Å²) in [5, 5.41) is 11.4. The monoisotopic (exact) mass is 275 g/mol. The molecule has 1 aromatic carbocycles. The van der Waals surface area contributed by atoms with E-state index in [1.165, 1.54) is 0 Å². The van der Waals surface area contributed by atoms with E-state index in [0.717, 1.165) is 0 Å². The number of hydrogen-bond acceptors (Lipinski definition) is 2. The molecule has 6 heteroatoms. The maximum Gasteiger partial charge on any atom is 0.254 e. The van der Waals surface area contributed by atoms with E-state index in [1.807, 2.05) is 13.8 Å². The molecule has 0 saturated heterocycles. The molecule has 1 unspecified atom stereocenters. The van der Waals surface area contributed by atoms with E-state index in [0.29, 0.717) is 18.6 Å². The Labute approximate surface area is 109 Å². The quantitative estimate of drug-likeness (QED) is 0.810. The number of aliphatic hydroxyl groups is 1. The van der Waals surface area contributed by atoms with Gasteiger partial charge in [0.25, 0.3) is 5.91 Å². The summed E-state index contributed by atoms with van der Waals surface area (Å²) in [6.07, 6.45) is 0.300. The third-order valence-electron chi connectivity index (χ3n) is 2.82. The highest BCUT2D eigenvalue weighted by atomic mass is 19.2. The normalized spacial score (nSPS) is 12.6. The van der Waals surface area contributed by atoms with Gasteiger partial charge < -0.3 is 10.4 Å². The van der Waals surface area contributed by atoms with E-state index in [9.17, 15) is 18.0 Å². The van der Waals surface area contributed by atoms with E-state index in [2.05, 4.69) is 5.32 Å². The second-order valence-electron chi connectivity index (χ2n) is 4.58. The Kier molecular flexibility index (Phi) is 5.35. The molecule has 0 radical (unpaired) electrons. The first-order valence-corrected chi connectivity index (χ1v) is 5.93. The topological polar surface area (TPSA) is 49.3 Å². The number of benzene rings is 1. The molecule has 1 amide bonds. The molecule has 0 fully saturated rings. The summed E-state index contributed by atoms with van der Waals surface area (Å²) >= 11 is 0. The number of hydrogen-bond donors (Lipinski definition) is 2. The Morgan fingerprint density at radius 2 is 1.79 bits per heavy atom. The SMILES string of the molecule is CC(C)C(CCO)NC(=O)c1cc(F)c(F)cc1F. The number of halogens is 3. The van der Waals surface area contributed by atoms with Gasteiger partial charge in [-0.2, -0.15) is 0 Å². The predicted molar refractivity (Wildman–Crippen MR) is 64.1 cm³/mol. The van der Waals surface area contributed by atoms with Crippen molar-refractivity contribution in [1.82, 2.24) is 5.32 Å². The van der Waals surface area contributed by atoms with Crippen LogP contribution >= 0.6 is 0 Å². The van der Waals surface area contributed by atoms with Crippen molar-refractivity contribution in [2.75, 3.05) is 6.61 Å². The Bertz CT molecular complexity index is 463. The standard InChI is InChI=1S/C13H16F3NO2/c1-7(2)12(3-4-18)17-13(19)8-5-10(15)11(16)6-9(8)14/h5-7,12,18H,3-4H2,1-2H3,(H,17,19). The average molecular weight is 275 g/mol. The third kappa shape index (κ3) is 3.96. The fourth-order valence-electron chi connectivity index (χ4n) is 1.65. The lowest BCUT2D eigenvalue weighted by Crippen LogP contribution is -2.39. The van der Waals surface area contributed by atoms with Crippen LogP contribution in [0, 0.1) is 23.4 Å². The molecule has 0 heterocycles. The molecule has 0 aliphatic rings. The molecule has 0 aromatic heterocycles. The van der Waals surface area contributed by atoms with E-state index in [4.69, 9.17) is 5.11 Å². The minimum Gasteiger partial charge on any atom is -0.396 e. The molecule has 1 aromatic rings. The summed E-state index contributed by atoms with van der Waals surface area (Å²) in [5.74, 6) is -4.56. The summed E-state index contributed by atoms with van der Waals surface area (Å²) in [6, 6.07) is 0.488. The van der Waals surface area contributed by atoms with Crippen molar-refractivity contribution < 1.29 is 23.1 Å². The molecule has 0 bridgehead atoms. The first-order chi connectivity index (χ1) is 8.86. The lowest BCUT2D eigenvalue weighted by Gasteiger charge is -2.21. The minimum atomic E-state index is -1.34.